The van der Waals surface area contributed by atoms with Crippen molar-refractivity contribution in [2.45, 2.75) is 6.54 Å². The standard InChI is InChI=1S/C14H17N5/c1-18-7-6-16-14(18)17-10-12-3-2-4-13(9-12)19-8-5-15-11-19/h2-5,8-9,11H,6-7,10H2,1H3,(H,16,17). The van der Waals surface area contributed by atoms with Gasteiger partial charge in [-0.1, -0.05) is 12.1 Å². The Balaban J connectivity index is 1.70. The maximum Gasteiger partial charge on any atom is 0.194 e. The summed E-state index contributed by atoms with van der Waals surface area (Å²) in [5.74, 6) is 0.980. The second kappa shape index (κ2) is 5.14. The van der Waals surface area contributed by atoms with Crippen LogP contribution in [-0.4, -0.2) is 40.5 Å². The molecule has 0 saturated heterocycles. The number of hydrogen-bond donors (Lipinski definition) is 1. The molecule has 2 aromatic rings. The minimum Gasteiger partial charge on any atom is -0.352 e. The van der Waals surface area contributed by atoms with Crippen molar-refractivity contribution in [3.63, 3.8) is 0 Å². The van der Waals surface area contributed by atoms with Crippen molar-refractivity contribution < 1.29 is 0 Å². The van der Waals surface area contributed by atoms with Gasteiger partial charge in [0.15, 0.2) is 5.96 Å². The van der Waals surface area contributed by atoms with E-state index in [1.54, 1.807) is 12.5 Å². The van der Waals surface area contributed by atoms with Crippen LogP contribution in [0, 0.1) is 0 Å². The first-order chi connectivity index (χ1) is 9.33. The van der Waals surface area contributed by atoms with E-state index in [0.717, 1.165) is 31.3 Å². The van der Waals surface area contributed by atoms with E-state index >= 15 is 0 Å². The largest absolute Gasteiger partial charge is 0.352 e. The zero-order valence-electron chi connectivity index (χ0n) is 11.0. The predicted octanol–water partition coefficient (Wildman–Crippen LogP) is 1.26. The fraction of sp³-hybridized carbons (Fsp3) is 0.286. The molecule has 1 aromatic heterocycles. The van der Waals surface area contributed by atoms with Gasteiger partial charge in [0.2, 0.25) is 0 Å². The van der Waals surface area contributed by atoms with Crippen LogP contribution in [0.3, 0.4) is 0 Å². The van der Waals surface area contributed by atoms with E-state index in [-0.39, 0.29) is 0 Å². The van der Waals surface area contributed by atoms with Crippen molar-refractivity contribution in [3.8, 4) is 5.69 Å². The minimum atomic E-state index is 0.783. The summed E-state index contributed by atoms with van der Waals surface area (Å²) in [7, 11) is 2.06. The smallest absolute Gasteiger partial charge is 0.194 e. The van der Waals surface area contributed by atoms with Crippen LogP contribution < -0.4 is 5.32 Å². The average Bonchev–Trinajstić information content (AvgIpc) is 3.08. The second-order valence-electron chi connectivity index (χ2n) is 4.62. The van der Waals surface area contributed by atoms with Crippen molar-refractivity contribution in [1.82, 2.24) is 19.8 Å². The molecule has 0 bridgehead atoms. The Kier molecular flexibility index (Phi) is 3.18. The number of imidazole rings is 1. The Hall–Kier alpha value is -2.30. The number of nitrogens with one attached hydrogen (secondary N) is 1. The van der Waals surface area contributed by atoms with Gasteiger partial charge in [0.25, 0.3) is 0 Å². The molecule has 0 fully saturated rings. The topological polar surface area (TPSA) is 45.5 Å². The SMILES string of the molecule is CN1CCN=C1NCc1cccc(-n2ccnc2)c1. The summed E-state index contributed by atoms with van der Waals surface area (Å²) in [5, 5.41) is 3.37. The summed E-state index contributed by atoms with van der Waals surface area (Å²) in [6, 6.07) is 8.41. The van der Waals surface area contributed by atoms with Crippen LogP contribution in [0.2, 0.25) is 0 Å². The first-order valence-electron chi connectivity index (χ1n) is 6.40. The van der Waals surface area contributed by atoms with Gasteiger partial charge in [-0.15, -0.1) is 0 Å². The zero-order valence-corrected chi connectivity index (χ0v) is 11.0. The Labute approximate surface area is 112 Å². The summed E-state index contributed by atoms with van der Waals surface area (Å²) in [6.07, 6.45) is 5.54. The van der Waals surface area contributed by atoms with Gasteiger partial charge >= 0.3 is 0 Å². The third-order valence-corrected chi connectivity index (χ3v) is 3.22. The summed E-state index contributed by atoms with van der Waals surface area (Å²) < 4.78 is 2.00. The molecule has 98 valence electrons. The van der Waals surface area contributed by atoms with E-state index in [1.165, 1.54) is 5.56 Å². The quantitative estimate of drug-likeness (QED) is 0.898. The van der Waals surface area contributed by atoms with Gasteiger partial charge < -0.3 is 14.8 Å². The van der Waals surface area contributed by atoms with Crippen molar-refractivity contribution in [2.24, 2.45) is 4.99 Å². The lowest BCUT2D eigenvalue weighted by Crippen LogP contribution is -2.35. The van der Waals surface area contributed by atoms with Gasteiger partial charge in [-0.2, -0.15) is 0 Å². The zero-order chi connectivity index (χ0) is 13.1. The molecule has 1 N–H and O–H groups in total. The van der Waals surface area contributed by atoms with E-state index in [1.807, 2.05) is 10.8 Å². The molecule has 1 aromatic carbocycles. The molecule has 2 heterocycles. The molecule has 0 radical (unpaired) electrons. The summed E-state index contributed by atoms with van der Waals surface area (Å²) in [6.45, 7) is 2.66. The fourth-order valence-electron chi connectivity index (χ4n) is 2.14. The van der Waals surface area contributed by atoms with Crippen LogP contribution in [0.15, 0.2) is 48.0 Å². The molecule has 0 aliphatic carbocycles. The van der Waals surface area contributed by atoms with Crippen molar-refractivity contribution in [1.29, 1.82) is 0 Å². The fourth-order valence-corrected chi connectivity index (χ4v) is 2.14. The molecular formula is C14H17N5. The average molecular weight is 255 g/mol. The Morgan fingerprint density at radius 1 is 1.37 bits per heavy atom. The highest BCUT2D eigenvalue weighted by Gasteiger charge is 2.11. The van der Waals surface area contributed by atoms with E-state index in [4.69, 9.17) is 0 Å². The molecule has 1 aliphatic rings. The van der Waals surface area contributed by atoms with Crippen LogP contribution in [0.25, 0.3) is 5.69 Å². The first kappa shape index (κ1) is 11.8. The van der Waals surface area contributed by atoms with E-state index in [9.17, 15) is 0 Å². The third-order valence-electron chi connectivity index (χ3n) is 3.22. The summed E-state index contributed by atoms with van der Waals surface area (Å²) >= 11 is 0. The summed E-state index contributed by atoms with van der Waals surface area (Å²) in [5.41, 5.74) is 2.35. The van der Waals surface area contributed by atoms with E-state index in [0.29, 0.717) is 0 Å². The van der Waals surface area contributed by atoms with Gasteiger partial charge in [-0.3, -0.25) is 4.99 Å². The van der Waals surface area contributed by atoms with Crippen LogP contribution in [0.1, 0.15) is 5.56 Å². The third kappa shape index (κ3) is 2.59. The van der Waals surface area contributed by atoms with Crippen molar-refractivity contribution in [3.05, 3.63) is 48.5 Å². The monoisotopic (exact) mass is 255 g/mol. The molecule has 0 atom stereocenters. The van der Waals surface area contributed by atoms with Crippen molar-refractivity contribution in [2.75, 3.05) is 20.1 Å². The molecule has 5 nitrogen and oxygen atoms in total. The highest BCUT2D eigenvalue weighted by atomic mass is 15.3. The van der Waals surface area contributed by atoms with Gasteiger partial charge in [0.1, 0.15) is 0 Å². The molecule has 0 unspecified atom stereocenters. The number of nitrogens with zero attached hydrogens (tertiary/aromatic N) is 4. The lowest BCUT2D eigenvalue weighted by atomic mass is 10.2. The molecule has 3 rings (SSSR count). The van der Waals surface area contributed by atoms with Crippen LogP contribution in [-0.2, 0) is 6.54 Å². The minimum absolute atomic E-state index is 0.783. The number of benzene rings is 1. The lowest BCUT2D eigenvalue weighted by molar-refractivity contribution is 0.534. The molecule has 5 heteroatoms. The molecule has 0 amide bonds. The van der Waals surface area contributed by atoms with E-state index < -0.39 is 0 Å². The van der Waals surface area contributed by atoms with Crippen molar-refractivity contribution >= 4 is 5.96 Å². The normalized spacial score (nSPS) is 14.6. The highest BCUT2D eigenvalue weighted by Crippen LogP contribution is 2.10. The van der Waals surface area contributed by atoms with Gasteiger partial charge in [-0.05, 0) is 17.7 Å². The number of aromatic nitrogens is 2. The predicted molar refractivity (Wildman–Crippen MR) is 75.3 cm³/mol. The maximum atomic E-state index is 4.42. The maximum absolute atomic E-state index is 4.42. The van der Waals surface area contributed by atoms with Gasteiger partial charge in [-0.25, -0.2) is 4.98 Å². The molecule has 19 heavy (non-hydrogen) atoms. The number of guanidine groups is 1. The van der Waals surface area contributed by atoms with Crippen LogP contribution in [0.5, 0.6) is 0 Å². The summed E-state index contributed by atoms with van der Waals surface area (Å²) in [4.78, 5) is 10.6. The first-order valence-corrected chi connectivity index (χ1v) is 6.40. The number of likely N-dealkylation sites (N-methyl/N-ethyl adjacent to an activating group) is 1. The molecular weight excluding hydrogens is 238 g/mol. The Morgan fingerprint density at radius 2 is 2.32 bits per heavy atom. The van der Waals surface area contributed by atoms with Crippen LogP contribution >= 0.6 is 0 Å². The van der Waals surface area contributed by atoms with E-state index in [2.05, 4.69) is 51.5 Å². The number of rotatable bonds is 3. The Morgan fingerprint density at radius 3 is 3.05 bits per heavy atom. The second-order valence-corrected chi connectivity index (χ2v) is 4.62. The van der Waals surface area contributed by atoms with Gasteiger partial charge in [0.05, 0.1) is 12.9 Å². The molecule has 1 aliphatic heterocycles. The molecule has 0 saturated carbocycles. The number of aliphatic imine (C=N–C) groups is 1. The lowest BCUT2D eigenvalue weighted by Gasteiger charge is -2.15. The highest BCUT2D eigenvalue weighted by molar-refractivity contribution is 5.81. The Bertz CT molecular complexity index is 573. The van der Waals surface area contributed by atoms with Gasteiger partial charge in [0, 0.05) is 38.2 Å². The number of hydrogen-bond acceptors (Lipinski definition) is 4. The molecule has 0 spiro atoms. The van der Waals surface area contributed by atoms with Crippen LogP contribution in [0.4, 0.5) is 0 Å².